The molecular formula is C20H28O6. The van der Waals surface area contributed by atoms with Crippen LogP contribution in [0, 0.1) is 11.8 Å². The number of esters is 2. The quantitative estimate of drug-likeness (QED) is 0.460. The largest absolute Gasteiger partial charge is 0.456 e. The number of aliphatic hydroxyl groups is 1. The van der Waals surface area contributed by atoms with Crippen LogP contribution >= 0.6 is 0 Å². The molecule has 0 amide bonds. The molecule has 0 spiro atoms. The third-order valence-corrected chi connectivity index (χ3v) is 5.77. The first-order chi connectivity index (χ1) is 12.1. The summed E-state index contributed by atoms with van der Waals surface area (Å²) >= 11 is 0. The molecule has 0 bridgehead atoms. The Morgan fingerprint density at radius 2 is 2.12 bits per heavy atom. The van der Waals surface area contributed by atoms with Gasteiger partial charge in [0.25, 0.3) is 0 Å². The predicted molar refractivity (Wildman–Crippen MR) is 94.1 cm³/mol. The zero-order chi connectivity index (χ0) is 19.2. The van der Waals surface area contributed by atoms with E-state index in [1.165, 1.54) is 6.08 Å². The number of carbonyl (C=O) groups is 2. The van der Waals surface area contributed by atoms with Crippen LogP contribution in [-0.4, -0.2) is 47.1 Å². The molecule has 0 aromatic carbocycles. The average molecular weight is 364 g/mol. The van der Waals surface area contributed by atoms with Crippen molar-refractivity contribution in [3.63, 3.8) is 0 Å². The lowest BCUT2D eigenvalue weighted by molar-refractivity contribution is -0.154. The highest BCUT2D eigenvalue weighted by Crippen LogP contribution is 2.50. The maximum Gasteiger partial charge on any atom is 0.334 e. The summed E-state index contributed by atoms with van der Waals surface area (Å²) in [7, 11) is 0. The molecule has 7 atom stereocenters. The summed E-state index contributed by atoms with van der Waals surface area (Å²) in [6, 6.07) is 0. The second kappa shape index (κ2) is 6.82. The number of allylic oxidation sites excluding steroid dienone is 1. The van der Waals surface area contributed by atoms with Gasteiger partial charge < -0.3 is 19.3 Å². The van der Waals surface area contributed by atoms with Gasteiger partial charge in [-0.05, 0) is 39.5 Å². The van der Waals surface area contributed by atoms with Gasteiger partial charge in [0.15, 0.2) is 0 Å². The molecule has 2 heterocycles. The number of ether oxygens (including phenoxy) is 3. The van der Waals surface area contributed by atoms with Gasteiger partial charge in [0.2, 0.25) is 0 Å². The Hall–Kier alpha value is -1.66. The highest BCUT2D eigenvalue weighted by atomic mass is 16.6. The van der Waals surface area contributed by atoms with E-state index >= 15 is 0 Å². The van der Waals surface area contributed by atoms with Crippen LogP contribution < -0.4 is 0 Å². The van der Waals surface area contributed by atoms with Crippen LogP contribution in [0.4, 0.5) is 0 Å². The topological polar surface area (TPSA) is 85.4 Å². The molecule has 0 radical (unpaired) electrons. The molecule has 2 saturated heterocycles. The molecule has 3 rings (SSSR count). The number of fused-ring (bicyclic) bond motifs is 2. The van der Waals surface area contributed by atoms with E-state index in [0.29, 0.717) is 0 Å². The van der Waals surface area contributed by atoms with E-state index in [0.717, 1.165) is 24.8 Å². The van der Waals surface area contributed by atoms with Crippen LogP contribution in [0.5, 0.6) is 0 Å². The van der Waals surface area contributed by atoms with Gasteiger partial charge in [0.1, 0.15) is 18.3 Å². The Kier molecular flexibility index (Phi) is 5.01. The van der Waals surface area contributed by atoms with Gasteiger partial charge in [-0.3, -0.25) is 0 Å². The maximum atomic E-state index is 12.3. The van der Waals surface area contributed by atoms with Crippen molar-refractivity contribution in [2.75, 3.05) is 0 Å². The fourth-order valence-electron chi connectivity index (χ4n) is 4.14. The van der Waals surface area contributed by atoms with Crippen molar-refractivity contribution < 1.29 is 28.9 Å². The summed E-state index contributed by atoms with van der Waals surface area (Å²) in [5, 5.41) is 10.8. The first-order valence-electron chi connectivity index (χ1n) is 9.25. The number of hydrogen-bond acceptors (Lipinski definition) is 6. The Bertz CT molecular complexity index is 649. The Morgan fingerprint density at radius 1 is 1.42 bits per heavy atom. The smallest absolute Gasteiger partial charge is 0.334 e. The van der Waals surface area contributed by atoms with Gasteiger partial charge in [0.05, 0.1) is 17.6 Å². The molecule has 0 aromatic heterocycles. The highest BCUT2D eigenvalue weighted by Gasteiger charge is 2.63. The third-order valence-electron chi connectivity index (χ3n) is 5.77. The SMILES string of the molecule is C=C1C(=O)O[C@@H]2[C@H](O)[C@H](C)CCC[C@@]3(C)O[C@@H]3[C@H](OC(=O)C=C(C)C)[C@@H]12. The molecule has 3 aliphatic rings. The van der Waals surface area contributed by atoms with Crippen molar-refractivity contribution in [1.82, 2.24) is 0 Å². The van der Waals surface area contributed by atoms with Crippen LogP contribution in [0.15, 0.2) is 23.8 Å². The van der Waals surface area contributed by atoms with E-state index in [1.54, 1.807) is 0 Å². The fraction of sp³-hybridized carbons (Fsp3) is 0.700. The lowest BCUT2D eigenvalue weighted by Gasteiger charge is -2.32. The summed E-state index contributed by atoms with van der Waals surface area (Å²) < 4.78 is 17.1. The fourth-order valence-corrected chi connectivity index (χ4v) is 4.14. The summed E-state index contributed by atoms with van der Waals surface area (Å²) in [6.07, 6.45) is 1.24. The summed E-state index contributed by atoms with van der Waals surface area (Å²) in [5.41, 5.74) is 0.654. The van der Waals surface area contributed by atoms with Crippen molar-refractivity contribution in [2.24, 2.45) is 11.8 Å². The van der Waals surface area contributed by atoms with Crippen molar-refractivity contribution in [1.29, 1.82) is 0 Å². The summed E-state index contributed by atoms with van der Waals surface area (Å²) in [5.74, 6) is -1.69. The number of rotatable bonds is 2. The van der Waals surface area contributed by atoms with E-state index in [2.05, 4.69) is 6.58 Å². The lowest BCUT2D eigenvalue weighted by Crippen LogP contribution is -2.46. The van der Waals surface area contributed by atoms with Crippen LogP contribution in [-0.2, 0) is 23.8 Å². The Labute approximate surface area is 154 Å². The van der Waals surface area contributed by atoms with Crippen LogP contribution in [0.3, 0.4) is 0 Å². The highest BCUT2D eigenvalue weighted by molar-refractivity contribution is 5.91. The first kappa shape index (κ1) is 19.1. The van der Waals surface area contributed by atoms with Crippen molar-refractivity contribution >= 4 is 11.9 Å². The van der Waals surface area contributed by atoms with E-state index in [4.69, 9.17) is 14.2 Å². The van der Waals surface area contributed by atoms with Gasteiger partial charge in [-0.1, -0.05) is 25.5 Å². The zero-order valence-corrected chi connectivity index (χ0v) is 15.9. The van der Waals surface area contributed by atoms with E-state index in [1.807, 2.05) is 27.7 Å². The number of hydrogen-bond donors (Lipinski definition) is 1. The van der Waals surface area contributed by atoms with Crippen LogP contribution in [0.25, 0.3) is 0 Å². The average Bonchev–Trinajstić information content (AvgIpc) is 3.12. The standard InChI is InChI=1S/C20H28O6/c1-10(2)9-13(21)24-17-14-12(4)19(23)25-16(14)15(22)11(3)7-6-8-20(5)18(17)26-20/h9,11,14-18,22H,4,6-8H2,1-3,5H3/t11-,14+,15-,16+,17-,18-,20-/m1/s1. The van der Waals surface area contributed by atoms with Crippen molar-refractivity contribution in [3.05, 3.63) is 23.8 Å². The summed E-state index contributed by atoms with van der Waals surface area (Å²) in [6.45, 7) is 11.4. The molecule has 6 nitrogen and oxygen atoms in total. The molecule has 2 aliphatic heterocycles. The molecule has 26 heavy (non-hydrogen) atoms. The van der Waals surface area contributed by atoms with Gasteiger partial charge in [-0.2, -0.15) is 0 Å². The second-order valence-corrected chi connectivity index (χ2v) is 8.26. The Balaban J connectivity index is 1.96. The van der Waals surface area contributed by atoms with Crippen LogP contribution in [0.2, 0.25) is 0 Å². The minimum absolute atomic E-state index is 0.0470. The molecule has 0 unspecified atom stereocenters. The van der Waals surface area contributed by atoms with Gasteiger partial charge in [-0.15, -0.1) is 0 Å². The molecule has 3 fully saturated rings. The zero-order valence-electron chi connectivity index (χ0n) is 15.9. The van der Waals surface area contributed by atoms with Gasteiger partial charge in [0, 0.05) is 11.6 Å². The van der Waals surface area contributed by atoms with Gasteiger partial charge in [-0.25, -0.2) is 9.59 Å². The van der Waals surface area contributed by atoms with Gasteiger partial charge >= 0.3 is 11.9 Å². The van der Waals surface area contributed by atoms with Crippen molar-refractivity contribution in [2.45, 2.75) is 77.0 Å². The minimum Gasteiger partial charge on any atom is -0.456 e. The third kappa shape index (κ3) is 3.45. The van der Waals surface area contributed by atoms with Crippen LogP contribution in [0.1, 0.15) is 47.0 Å². The molecule has 0 aromatic rings. The molecule has 6 heteroatoms. The number of aliphatic hydroxyl groups excluding tert-OH is 1. The van der Waals surface area contributed by atoms with E-state index in [9.17, 15) is 14.7 Å². The van der Waals surface area contributed by atoms with Crippen molar-refractivity contribution in [3.8, 4) is 0 Å². The summed E-state index contributed by atoms with van der Waals surface area (Å²) in [4.78, 5) is 24.5. The minimum atomic E-state index is -0.837. The van der Waals surface area contributed by atoms with E-state index in [-0.39, 0.29) is 17.6 Å². The molecule has 1 aliphatic carbocycles. The van der Waals surface area contributed by atoms with E-state index < -0.39 is 41.8 Å². The first-order valence-corrected chi connectivity index (χ1v) is 9.25. The monoisotopic (exact) mass is 364 g/mol. The second-order valence-electron chi connectivity index (χ2n) is 8.26. The molecular weight excluding hydrogens is 336 g/mol. The molecule has 1 N–H and O–H groups in total. The maximum absolute atomic E-state index is 12.3. The normalized spacial score (nSPS) is 42.2. The predicted octanol–water partition coefficient (Wildman–Crippen LogP) is 2.30. The number of epoxide rings is 1. The lowest BCUT2D eigenvalue weighted by atomic mass is 9.78. The Morgan fingerprint density at radius 3 is 2.77 bits per heavy atom. The number of carbonyl (C=O) groups excluding carboxylic acids is 2. The molecule has 144 valence electrons. The molecule has 1 saturated carbocycles.